The highest BCUT2D eigenvalue weighted by molar-refractivity contribution is 5.01. The zero-order chi connectivity index (χ0) is 11.4. The molecule has 0 bridgehead atoms. The van der Waals surface area contributed by atoms with Crippen molar-refractivity contribution in [1.82, 2.24) is 10.3 Å². The fraction of sp³-hybridized carbons (Fsp3) is 0.727. The monoisotopic (exact) mass is 226 g/mol. The molecule has 5 heteroatoms. The van der Waals surface area contributed by atoms with Crippen LogP contribution in [-0.4, -0.2) is 31.3 Å². The third-order valence-corrected chi connectivity index (χ3v) is 2.56. The number of hydrogen-bond acceptors (Lipinski definition) is 5. The van der Waals surface area contributed by atoms with Crippen LogP contribution in [0.3, 0.4) is 0 Å². The standard InChI is InChI=1S/C11H18N2O3/c1-3-12-8(2)11-13-6-9(16-11)10-7-14-4-5-15-10/h6,8,10,12H,3-5,7H2,1-2H3. The molecule has 0 aromatic carbocycles. The Labute approximate surface area is 95.1 Å². The van der Waals surface area contributed by atoms with Crippen LogP contribution >= 0.6 is 0 Å². The Morgan fingerprint density at radius 2 is 2.44 bits per heavy atom. The molecular weight excluding hydrogens is 208 g/mol. The lowest BCUT2D eigenvalue weighted by atomic mass is 10.3. The summed E-state index contributed by atoms with van der Waals surface area (Å²) >= 11 is 0. The third-order valence-electron chi connectivity index (χ3n) is 2.56. The molecule has 1 aromatic heterocycles. The fourth-order valence-corrected chi connectivity index (χ4v) is 1.70. The Balaban J connectivity index is 2.00. The van der Waals surface area contributed by atoms with E-state index in [0.717, 1.165) is 12.3 Å². The van der Waals surface area contributed by atoms with Gasteiger partial charge in [-0.3, -0.25) is 0 Å². The molecule has 1 fully saturated rings. The Bertz CT molecular complexity index is 321. The van der Waals surface area contributed by atoms with Crippen molar-refractivity contribution < 1.29 is 13.9 Å². The average Bonchev–Trinajstić information content (AvgIpc) is 2.80. The molecule has 1 aromatic rings. The maximum Gasteiger partial charge on any atom is 0.211 e. The number of rotatable bonds is 4. The zero-order valence-corrected chi connectivity index (χ0v) is 9.73. The molecule has 0 spiro atoms. The normalized spacial score (nSPS) is 23.2. The number of nitrogens with one attached hydrogen (secondary N) is 1. The van der Waals surface area contributed by atoms with E-state index in [-0.39, 0.29) is 12.1 Å². The molecule has 5 nitrogen and oxygen atoms in total. The number of ether oxygens (including phenoxy) is 2. The minimum Gasteiger partial charge on any atom is -0.441 e. The van der Waals surface area contributed by atoms with E-state index in [4.69, 9.17) is 13.9 Å². The lowest BCUT2D eigenvalue weighted by Gasteiger charge is -2.20. The Morgan fingerprint density at radius 1 is 1.56 bits per heavy atom. The van der Waals surface area contributed by atoms with Crippen LogP contribution in [0, 0.1) is 0 Å². The quantitative estimate of drug-likeness (QED) is 0.841. The summed E-state index contributed by atoms with van der Waals surface area (Å²) in [6.07, 6.45) is 1.62. The summed E-state index contributed by atoms with van der Waals surface area (Å²) in [6, 6.07) is 0.128. The predicted molar refractivity (Wildman–Crippen MR) is 58.1 cm³/mol. The van der Waals surface area contributed by atoms with Crippen molar-refractivity contribution in [2.75, 3.05) is 26.4 Å². The Hall–Kier alpha value is -0.910. The number of hydrogen-bond donors (Lipinski definition) is 1. The van der Waals surface area contributed by atoms with E-state index >= 15 is 0 Å². The third kappa shape index (κ3) is 2.61. The van der Waals surface area contributed by atoms with Crippen LogP contribution < -0.4 is 5.32 Å². The average molecular weight is 226 g/mol. The van der Waals surface area contributed by atoms with Gasteiger partial charge in [0.15, 0.2) is 5.76 Å². The van der Waals surface area contributed by atoms with Gasteiger partial charge >= 0.3 is 0 Å². The topological polar surface area (TPSA) is 56.5 Å². The van der Waals surface area contributed by atoms with Gasteiger partial charge in [0.25, 0.3) is 0 Å². The summed E-state index contributed by atoms with van der Waals surface area (Å²) < 4.78 is 16.5. The van der Waals surface area contributed by atoms with E-state index in [0.29, 0.717) is 25.7 Å². The van der Waals surface area contributed by atoms with Crippen LogP contribution in [0.1, 0.15) is 37.6 Å². The number of nitrogens with zero attached hydrogens (tertiary/aromatic N) is 1. The number of aromatic nitrogens is 1. The first kappa shape index (κ1) is 11.6. The van der Waals surface area contributed by atoms with Crippen molar-refractivity contribution in [3.05, 3.63) is 17.8 Å². The van der Waals surface area contributed by atoms with Gasteiger partial charge in [-0.05, 0) is 13.5 Å². The van der Waals surface area contributed by atoms with Gasteiger partial charge in [0.1, 0.15) is 6.10 Å². The van der Waals surface area contributed by atoms with Crippen LogP contribution in [0.25, 0.3) is 0 Å². The van der Waals surface area contributed by atoms with E-state index in [2.05, 4.69) is 17.2 Å². The molecule has 0 saturated carbocycles. The summed E-state index contributed by atoms with van der Waals surface area (Å²) in [5, 5.41) is 3.25. The molecule has 2 atom stereocenters. The highest BCUT2D eigenvalue weighted by Crippen LogP contribution is 2.23. The molecule has 1 aliphatic heterocycles. The summed E-state index contributed by atoms with van der Waals surface area (Å²) in [4.78, 5) is 4.25. The molecular formula is C11H18N2O3. The van der Waals surface area contributed by atoms with Crippen molar-refractivity contribution in [2.24, 2.45) is 0 Å². The van der Waals surface area contributed by atoms with Crippen LogP contribution in [0.5, 0.6) is 0 Å². The van der Waals surface area contributed by atoms with Crippen molar-refractivity contribution >= 4 is 0 Å². The predicted octanol–water partition coefficient (Wildman–Crippen LogP) is 1.43. The van der Waals surface area contributed by atoms with Crippen LogP contribution in [0.4, 0.5) is 0 Å². The first-order valence-electron chi connectivity index (χ1n) is 5.69. The van der Waals surface area contributed by atoms with E-state index in [1.807, 2.05) is 6.92 Å². The second-order valence-corrected chi connectivity index (χ2v) is 3.81. The van der Waals surface area contributed by atoms with Crippen molar-refractivity contribution in [3.63, 3.8) is 0 Å². The zero-order valence-electron chi connectivity index (χ0n) is 9.73. The van der Waals surface area contributed by atoms with Gasteiger partial charge in [-0.2, -0.15) is 0 Å². The van der Waals surface area contributed by atoms with Crippen molar-refractivity contribution in [3.8, 4) is 0 Å². The minimum atomic E-state index is -0.108. The van der Waals surface area contributed by atoms with Gasteiger partial charge in [0.2, 0.25) is 5.89 Å². The second-order valence-electron chi connectivity index (χ2n) is 3.81. The molecule has 1 saturated heterocycles. The van der Waals surface area contributed by atoms with Gasteiger partial charge in [0.05, 0.1) is 32.1 Å². The van der Waals surface area contributed by atoms with Gasteiger partial charge < -0.3 is 19.2 Å². The molecule has 16 heavy (non-hydrogen) atoms. The molecule has 90 valence electrons. The van der Waals surface area contributed by atoms with E-state index in [9.17, 15) is 0 Å². The Morgan fingerprint density at radius 3 is 3.12 bits per heavy atom. The lowest BCUT2D eigenvalue weighted by Crippen LogP contribution is -2.21. The maximum atomic E-state index is 5.66. The summed E-state index contributed by atoms with van der Waals surface area (Å²) in [5.74, 6) is 1.45. The fourth-order valence-electron chi connectivity index (χ4n) is 1.70. The maximum absolute atomic E-state index is 5.66. The molecule has 2 heterocycles. The van der Waals surface area contributed by atoms with Gasteiger partial charge in [-0.15, -0.1) is 0 Å². The molecule has 0 aliphatic carbocycles. The molecule has 2 rings (SSSR count). The molecule has 0 amide bonds. The van der Waals surface area contributed by atoms with Crippen LogP contribution in [0.15, 0.2) is 10.6 Å². The van der Waals surface area contributed by atoms with Gasteiger partial charge in [0, 0.05) is 0 Å². The highest BCUT2D eigenvalue weighted by atomic mass is 16.6. The minimum absolute atomic E-state index is 0.108. The van der Waals surface area contributed by atoms with Crippen molar-refractivity contribution in [1.29, 1.82) is 0 Å². The highest BCUT2D eigenvalue weighted by Gasteiger charge is 2.22. The largest absolute Gasteiger partial charge is 0.441 e. The number of oxazole rings is 1. The van der Waals surface area contributed by atoms with Crippen molar-refractivity contribution in [2.45, 2.75) is 26.0 Å². The second kappa shape index (κ2) is 5.43. The molecule has 1 N–H and O–H groups in total. The van der Waals surface area contributed by atoms with E-state index < -0.39 is 0 Å². The van der Waals surface area contributed by atoms with E-state index in [1.165, 1.54) is 0 Å². The van der Waals surface area contributed by atoms with Crippen LogP contribution in [0.2, 0.25) is 0 Å². The Kier molecular flexibility index (Phi) is 3.93. The smallest absolute Gasteiger partial charge is 0.211 e. The summed E-state index contributed by atoms with van der Waals surface area (Å²) in [5.41, 5.74) is 0. The lowest BCUT2D eigenvalue weighted by molar-refractivity contribution is -0.0979. The first-order valence-corrected chi connectivity index (χ1v) is 5.69. The molecule has 2 unspecified atom stereocenters. The molecule has 0 radical (unpaired) electrons. The van der Waals surface area contributed by atoms with E-state index in [1.54, 1.807) is 6.20 Å². The SMILES string of the molecule is CCNC(C)c1ncc(C2COCCO2)o1. The van der Waals surface area contributed by atoms with Crippen LogP contribution in [-0.2, 0) is 9.47 Å². The molecule has 1 aliphatic rings. The first-order chi connectivity index (χ1) is 7.81. The van der Waals surface area contributed by atoms with Gasteiger partial charge in [-0.1, -0.05) is 6.92 Å². The van der Waals surface area contributed by atoms with Gasteiger partial charge in [-0.25, -0.2) is 4.98 Å². The summed E-state index contributed by atoms with van der Waals surface area (Å²) in [7, 11) is 0. The summed E-state index contributed by atoms with van der Waals surface area (Å²) in [6.45, 7) is 6.79.